The van der Waals surface area contributed by atoms with E-state index in [1.54, 1.807) is 0 Å². The summed E-state index contributed by atoms with van der Waals surface area (Å²) in [6, 6.07) is 8.72. The van der Waals surface area contributed by atoms with E-state index < -0.39 is 0 Å². The van der Waals surface area contributed by atoms with Crippen LogP contribution in [0.5, 0.6) is 5.75 Å². The SMILES string of the molecule is CCOC1CC(CC(N)CC2CCOc3ccccc32)C1. The third kappa shape index (κ3) is 3.58. The van der Waals surface area contributed by atoms with E-state index in [-0.39, 0.29) is 0 Å². The van der Waals surface area contributed by atoms with E-state index >= 15 is 0 Å². The minimum atomic E-state index is 0.300. The Kier molecular flexibility index (Phi) is 4.81. The van der Waals surface area contributed by atoms with E-state index in [1.807, 2.05) is 6.07 Å². The number of fused-ring (bicyclic) bond motifs is 1. The molecule has 3 rings (SSSR count). The van der Waals surface area contributed by atoms with Gasteiger partial charge >= 0.3 is 0 Å². The first-order valence-corrected chi connectivity index (χ1v) is 8.35. The van der Waals surface area contributed by atoms with E-state index in [9.17, 15) is 0 Å². The zero-order chi connectivity index (χ0) is 14.7. The Morgan fingerprint density at radius 1 is 1.29 bits per heavy atom. The standard InChI is InChI=1S/C18H27NO2/c1-2-20-16-10-13(11-16)9-15(19)12-14-7-8-21-18-6-4-3-5-17(14)18/h3-6,13-16H,2,7-12,19H2,1H3. The van der Waals surface area contributed by atoms with Crippen LogP contribution in [0.4, 0.5) is 0 Å². The highest BCUT2D eigenvalue weighted by Gasteiger charge is 2.31. The monoisotopic (exact) mass is 289 g/mol. The van der Waals surface area contributed by atoms with Crippen LogP contribution in [0, 0.1) is 5.92 Å². The van der Waals surface area contributed by atoms with E-state index in [0.717, 1.165) is 44.1 Å². The van der Waals surface area contributed by atoms with Gasteiger partial charge in [-0.15, -0.1) is 0 Å². The van der Waals surface area contributed by atoms with Gasteiger partial charge in [-0.1, -0.05) is 18.2 Å². The molecule has 2 unspecified atom stereocenters. The lowest BCUT2D eigenvalue weighted by Gasteiger charge is -2.37. The van der Waals surface area contributed by atoms with Gasteiger partial charge in [-0.3, -0.25) is 0 Å². The maximum Gasteiger partial charge on any atom is 0.122 e. The molecule has 1 aromatic rings. The third-order valence-corrected chi connectivity index (χ3v) is 4.90. The molecule has 116 valence electrons. The molecule has 2 aliphatic rings. The predicted molar refractivity (Wildman–Crippen MR) is 84.6 cm³/mol. The van der Waals surface area contributed by atoms with Gasteiger partial charge in [0.15, 0.2) is 0 Å². The van der Waals surface area contributed by atoms with Crippen LogP contribution < -0.4 is 10.5 Å². The van der Waals surface area contributed by atoms with Crippen LogP contribution in [0.1, 0.15) is 50.5 Å². The van der Waals surface area contributed by atoms with Crippen molar-refractivity contribution in [3.05, 3.63) is 29.8 Å². The molecule has 1 saturated carbocycles. The molecule has 0 amide bonds. The van der Waals surface area contributed by atoms with Gasteiger partial charge in [0.05, 0.1) is 12.7 Å². The van der Waals surface area contributed by atoms with E-state index in [1.165, 1.54) is 18.4 Å². The molecule has 1 heterocycles. The van der Waals surface area contributed by atoms with Crippen molar-refractivity contribution in [2.45, 2.75) is 57.1 Å². The summed E-state index contributed by atoms with van der Waals surface area (Å²) in [5, 5.41) is 0. The Bertz CT molecular complexity index is 456. The average Bonchev–Trinajstić information content (AvgIpc) is 2.45. The van der Waals surface area contributed by atoms with Crippen molar-refractivity contribution in [2.75, 3.05) is 13.2 Å². The molecule has 2 atom stereocenters. The zero-order valence-corrected chi connectivity index (χ0v) is 13.0. The molecule has 1 aromatic carbocycles. The normalized spacial score (nSPS) is 29.1. The fourth-order valence-corrected chi connectivity index (χ4v) is 3.79. The summed E-state index contributed by atoms with van der Waals surface area (Å²) in [6.45, 7) is 3.73. The summed E-state index contributed by atoms with van der Waals surface area (Å²) < 4.78 is 11.4. The van der Waals surface area contributed by atoms with Gasteiger partial charge in [-0.2, -0.15) is 0 Å². The van der Waals surface area contributed by atoms with Crippen molar-refractivity contribution >= 4 is 0 Å². The van der Waals surface area contributed by atoms with Gasteiger partial charge in [0.25, 0.3) is 0 Å². The Labute approximate surface area is 127 Å². The van der Waals surface area contributed by atoms with Crippen LogP contribution in [0.3, 0.4) is 0 Å². The van der Waals surface area contributed by atoms with Crippen molar-refractivity contribution in [3.63, 3.8) is 0 Å². The quantitative estimate of drug-likeness (QED) is 0.872. The second-order valence-corrected chi connectivity index (χ2v) is 6.52. The number of rotatable bonds is 6. The van der Waals surface area contributed by atoms with E-state index in [4.69, 9.17) is 15.2 Å². The van der Waals surface area contributed by atoms with Gasteiger partial charge in [-0.05, 0) is 62.5 Å². The molecule has 0 aromatic heterocycles. The Morgan fingerprint density at radius 2 is 2.10 bits per heavy atom. The van der Waals surface area contributed by atoms with Crippen LogP contribution >= 0.6 is 0 Å². The summed E-state index contributed by atoms with van der Waals surface area (Å²) >= 11 is 0. The molecular formula is C18H27NO2. The zero-order valence-electron chi connectivity index (χ0n) is 13.0. The minimum Gasteiger partial charge on any atom is -0.493 e. The van der Waals surface area contributed by atoms with Gasteiger partial charge in [-0.25, -0.2) is 0 Å². The summed E-state index contributed by atoms with van der Waals surface area (Å²) in [4.78, 5) is 0. The lowest BCUT2D eigenvalue weighted by atomic mass is 9.76. The van der Waals surface area contributed by atoms with Gasteiger partial charge < -0.3 is 15.2 Å². The van der Waals surface area contributed by atoms with Crippen molar-refractivity contribution in [1.82, 2.24) is 0 Å². The highest BCUT2D eigenvalue weighted by Crippen LogP contribution is 2.38. The maximum atomic E-state index is 6.41. The molecule has 0 radical (unpaired) electrons. The van der Waals surface area contributed by atoms with Crippen molar-refractivity contribution < 1.29 is 9.47 Å². The van der Waals surface area contributed by atoms with Crippen LogP contribution in [0.15, 0.2) is 24.3 Å². The third-order valence-electron chi connectivity index (χ3n) is 4.90. The molecule has 1 fully saturated rings. The van der Waals surface area contributed by atoms with Gasteiger partial charge in [0, 0.05) is 12.6 Å². The van der Waals surface area contributed by atoms with E-state index in [2.05, 4.69) is 25.1 Å². The Balaban J connectivity index is 1.49. The number of ether oxygens (including phenoxy) is 2. The van der Waals surface area contributed by atoms with Crippen LogP contribution in [0.2, 0.25) is 0 Å². The number of nitrogens with two attached hydrogens (primary N) is 1. The summed E-state index contributed by atoms with van der Waals surface area (Å²) in [5.41, 5.74) is 7.76. The molecule has 1 aliphatic heterocycles. The lowest BCUT2D eigenvalue weighted by molar-refractivity contribution is -0.0284. The van der Waals surface area contributed by atoms with Crippen molar-refractivity contribution in [3.8, 4) is 5.75 Å². The molecular weight excluding hydrogens is 262 g/mol. The highest BCUT2D eigenvalue weighted by atomic mass is 16.5. The fraction of sp³-hybridized carbons (Fsp3) is 0.667. The maximum absolute atomic E-state index is 6.41. The second kappa shape index (κ2) is 6.80. The Hall–Kier alpha value is -1.06. The lowest BCUT2D eigenvalue weighted by Crippen LogP contribution is -2.36. The topological polar surface area (TPSA) is 44.5 Å². The Morgan fingerprint density at radius 3 is 2.90 bits per heavy atom. The first-order valence-electron chi connectivity index (χ1n) is 8.35. The second-order valence-electron chi connectivity index (χ2n) is 6.52. The van der Waals surface area contributed by atoms with Gasteiger partial charge in [0.2, 0.25) is 0 Å². The summed E-state index contributed by atoms with van der Waals surface area (Å²) in [6.07, 6.45) is 6.21. The number of benzene rings is 1. The molecule has 3 heteroatoms. The minimum absolute atomic E-state index is 0.300. The number of hydrogen-bond acceptors (Lipinski definition) is 3. The molecule has 0 saturated heterocycles. The average molecular weight is 289 g/mol. The molecule has 0 bridgehead atoms. The van der Waals surface area contributed by atoms with Crippen LogP contribution in [0.25, 0.3) is 0 Å². The summed E-state index contributed by atoms with van der Waals surface area (Å²) in [7, 11) is 0. The fourth-order valence-electron chi connectivity index (χ4n) is 3.79. The van der Waals surface area contributed by atoms with Crippen LogP contribution in [-0.4, -0.2) is 25.4 Å². The van der Waals surface area contributed by atoms with E-state index in [0.29, 0.717) is 18.1 Å². The predicted octanol–water partition coefficient (Wildman–Crippen LogP) is 3.48. The van der Waals surface area contributed by atoms with Gasteiger partial charge in [0.1, 0.15) is 5.75 Å². The van der Waals surface area contributed by atoms with Crippen LogP contribution in [-0.2, 0) is 4.74 Å². The number of para-hydroxylation sites is 1. The van der Waals surface area contributed by atoms with Crippen molar-refractivity contribution in [2.24, 2.45) is 11.7 Å². The highest BCUT2D eigenvalue weighted by molar-refractivity contribution is 5.37. The number of hydrogen-bond donors (Lipinski definition) is 1. The van der Waals surface area contributed by atoms with Crippen molar-refractivity contribution in [1.29, 1.82) is 0 Å². The molecule has 2 N–H and O–H groups in total. The summed E-state index contributed by atoms with van der Waals surface area (Å²) in [5.74, 6) is 2.39. The largest absolute Gasteiger partial charge is 0.493 e. The first-order chi connectivity index (χ1) is 10.3. The molecule has 3 nitrogen and oxygen atoms in total. The first kappa shape index (κ1) is 14.9. The molecule has 21 heavy (non-hydrogen) atoms. The smallest absolute Gasteiger partial charge is 0.122 e. The molecule has 1 aliphatic carbocycles. The molecule has 0 spiro atoms.